The van der Waals surface area contributed by atoms with E-state index < -0.39 is 22.2 Å². The first kappa shape index (κ1) is 20.5. The number of benzene rings is 3. The van der Waals surface area contributed by atoms with E-state index in [-0.39, 0.29) is 0 Å². The van der Waals surface area contributed by atoms with Crippen LogP contribution in [-0.4, -0.2) is 24.6 Å². The second-order valence-corrected chi connectivity index (χ2v) is 7.47. The molecule has 0 unspecified atom stereocenters. The summed E-state index contributed by atoms with van der Waals surface area (Å²) in [6.45, 7) is 0. The Morgan fingerprint density at radius 3 is 1.48 bits per heavy atom. The number of primary amides is 1. The number of hydrogen-bond donors (Lipinski definition) is 1. The van der Waals surface area contributed by atoms with Crippen LogP contribution in [0.3, 0.4) is 0 Å². The van der Waals surface area contributed by atoms with Gasteiger partial charge in [-0.25, -0.2) is 9.59 Å². The summed E-state index contributed by atoms with van der Waals surface area (Å²) in [5, 5.41) is 0. The fourth-order valence-corrected chi connectivity index (χ4v) is 4.68. The maximum absolute atomic E-state index is 12.4. The summed E-state index contributed by atoms with van der Waals surface area (Å²) in [6.07, 6.45) is -1.05. The van der Waals surface area contributed by atoms with Crippen molar-refractivity contribution in [1.82, 2.24) is 0 Å². The van der Waals surface area contributed by atoms with E-state index in [4.69, 9.17) is 15.2 Å². The topological polar surface area (TPSA) is 78.6 Å². The molecule has 0 saturated heterocycles. The lowest BCUT2D eigenvalue weighted by molar-refractivity contribution is -0.145. The highest BCUT2D eigenvalue weighted by Gasteiger charge is 2.43. The van der Waals surface area contributed by atoms with Gasteiger partial charge in [-0.1, -0.05) is 103 Å². The Morgan fingerprint density at radius 1 is 0.793 bits per heavy atom. The molecule has 6 heteroatoms. The van der Waals surface area contributed by atoms with Gasteiger partial charge in [0.15, 0.2) is 0 Å². The summed E-state index contributed by atoms with van der Waals surface area (Å²) < 4.78 is 9.18. The van der Waals surface area contributed by atoms with Crippen molar-refractivity contribution in [2.24, 2.45) is 5.73 Å². The van der Waals surface area contributed by atoms with E-state index in [1.807, 2.05) is 91.0 Å². The Morgan fingerprint density at radius 2 is 1.17 bits per heavy atom. The molecule has 3 rings (SSSR count). The molecule has 0 saturated carbocycles. The smallest absolute Gasteiger partial charge is 0.406 e. The van der Waals surface area contributed by atoms with Gasteiger partial charge in [0, 0.05) is 0 Å². The van der Waals surface area contributed by atoms with Crippen molar-refractivity contribution in [3.8, 4) is 0 Å². The molecule has 2 N–H and O–H groups in total. The average Bonchev–Trinajstić information content (AvgIpc) is 2.77. The van der Waals surface area contributed by atoms with Gasteiger partial charge in [-0.3, -0.25) is 0 Å². The third kappa shape index (κ3) is 4.43. The molecule has 0 radical (unpaired) electrons. The van der Waals surface area contributed by atoms with Crippen molar-refractivity contribution in [3.63, 3.8) is 0 Å². The zero-order valence-corrected chi connectivity index (χ0v) is 16.7. The lowest BCUT2D eigenvalue weighted by atomic mass is 9.84. The first-order valence-corrected chi connectivity index (χ1v) is 9.84. The average molecular weight is 407 g/mol. The molecule has 3 aromatic rings. The minimum Gasteiger partial charge on any atom is -0.466 e. The van der Waals surface area contributed by atoms with Crippen LogP contribution in [0.15, 0.2) is 91.0 Å². The number of nitrogens with two attached hydrogens (primary N) is 1. The van der Waals surface area contributed by atoms with Crippen LogP contribution in [0.25, 0.3) is 0 Å². The normalized spacial score (nSPS) is 12.0. The molecule has 0 aromatic heterocycles. The molecule has 3 aromatic carbocycles. The van der Waals surface area contributed by atoms with Crippen molar-refractivity contribution in [3.05, 3.63) is 108 Å². The molecule has 5 nitrogen and oxygen atoms in total. The van der Waals surface area contributed by atoms with Crippen molar-refractivity contribution in [2.75, 3.05) is 7.11 Å². The molecule has 148 valence electrons. The van der Waals surface area contributed by atoms with Crippen LogP contribution in [0, 0.1) is 0 Å². The highest BCUT2D eigenvalue weighted by molar-refractivity contribution is 8.01. The Kier molecular flexibility index (Phi) is 6.57. The third-order valence-electron chi connectivity index (χ3n) is 4.44. The number of hydrogen-bond acceptors (Lipinski definition) is 5. The van der Waals surface area contributed by atoms with Crippen LogP contribution in [0.1, 0.15) is 16.7 Å². The maximum atomic E-state index is 12.4. The van der Waals surface area contributed by atoms with Crippen molar-refractivity contribution in [1.29, 1.82) is 0 Å². The van der Waals surface area contributed by atoms with E-state index in [1.54, 1.807) is 0 Å². The van der Waals surface area contributed by atoms with Crippen LogP contribution >= 0.6 is 11.8 Å². The number of ether oxygens (including phenoxy) is 2. The molecule has 1 amide bonds. The fourth-order valence-electron chi connectivity index (χ4n) is 3.21. The maximum Gasteiger partial charge on any atom is 0.406 e. The molecule has 0 bridgehead atoms. The quantitative estimate of drug-likeness (QED) is 0.359. The van der Waals surface area contributed by atoms with E-state index in [0.717, 1.165) is 28.5 Å². The first-order chi connectivity index (χ1) is 14.1. The number of esters is 1. The number of thioether (sulfide) groups is 1. The van der Waals surface area contributed by atoms with Crippen LogP contribution < -0.4 is 5.73 Å². The molecule has 0 spiro atoms. The molecule has 1 atom stereocenters. The summed E-state index contributed by atoms with van der Waals surface area (Å²) >= 11 is 1.16. The highest BCUT2D eigenvalue weighted by Crippen LogP contribution is 2.50. The van der Waals surface area contributed by atoms with Crippen LogP contribution in [0.4, 0.5) is 4.79 Å². The summed E-state index contributed by atoms with van der Waals surface area (Å²) in [4.78, 5) is 23.9. The minimum absolute atomic E-state index is 0.694. The second-order valence-electron chi connectivity index (χ2n) is 6.19. The first-order valence-electron chi connectivity index (χ1n) is 8.96. The van der Waals surface area contributed by atoms with Gasteiger partial charge in [-0.15, -0.1) is 0 Å². The standard InChI is InChI=1S/C23H21NO4S/c1-27-20(25)21(28-22(24)26)29-23(17-11-5-2-6-12-17,18-13-7-3-8-14-18)19-15-9-4-10-16-19/h2-16,21H,1H3,(H2,24,26)/t21-/m1/s1. The zero-order valence-electron chi connectivity index (χ0n) is 15.9. The Labute approximate surface area is 173 Å². The van der Waals surface area contributed by atoms with Crippen molar-refractivity contribution >= 4 is 23.8 Å². The highest BCUT2D eigenvalue weighted by atomic mass is 32.2. The number of carbonyl (C=O) groups is 2. The number of rotatable bonds is 7. The number of carbonyl (C=O) groups excluding carboxylic acids is 2. The van der Waals surface area contributed by atoms with Gasteiger partial charge in [0.25, 0.3) is 0 Å². The lowest BCUT2D eigenvalue weighted by Gasteiger charge is -2.36. The van der Waals surface area contributed by atoms with Gasteiger partial charge in [0.1, 0.15) is 0 Å². The largest absolute Gasteiger partial charge is 0.466 e. The van der Waals surface area contributed by atoms with Gasteiger partial charge < -0.3 is 15.2 Å². The summed E-state index contributed by atoms with van der Waals surface area (Å²) in [6, 6.07) is 29.2. The van der Waals surface area contributed by atoms with Crippen molar-refractivity contribution in [2.45, 2.75) is 10.2 Å². The molecular formula is C23H21NO4S. The van der Waals surface area contributed by atoms with E-state index in [2.05, 4.69) is 0 Å². The summed E-state index contributed by atoms with van der Waals surface area (Å²) in [7, 11) is 1.25. The van der Waals surface area contributed by atoms with Gasteiger partial charge >= 0.3 is 12.1 Å². The number of amides is 1. The molecule has 0 aliphatic carbocycles. The predicted octanol–water partition coefficient (Wildman–Crippen LogP) is 4.31. The minimum atomic E-state index is -1.25. The predicted molar refractivity (Wildman–Crippen MR) is 113 cm³/mol. The Hall–Kier alpha value is -3.25. The second kappa shape index (κ2) is 9.30. The van der Waals surface area contributed by atoms with Gasteiger partial charge in [0.05, 0.1) is 11.9 Å². The molecule has 0 aliphatic heterocycles. The third-order valence-corrected chi connectivity index (χ3v) is 6.00. The van der Waals surface area contributed by atoms with Crippen molar-refractivity contribution < 1.29 is 19.1 Å². The summed E-state index contributed by atoms with van der Waals surface area (Å²) in [5.74, 6) is -0.694. The van der Waals surface area contributed by atoms with Crippen LogP contribution in [0.2, 0.25) is 0 Å². The molecule has 0 heterocycles. The molecule has 29 heavy (non-hydrogen) atoms. The van der Waals surface area contributed by atoms with Crippen LogP contribution in [0.5, 0.6) is 0 Å². The summed E-state index contributed by atoms with van der Waals surface area (Å²) in [5.41, 5.74) is 6.75. The van der Waals surface area contributed by atoms with Gasteiger partial charge in [0.2, 0.25) is 5.44 Å². The van der Waals surface area contributed by atoms with E-state index >= 15 is 0 Å². The molecular weight excluding hydrogens is 386 g/mol. The van der Waals surface area contributed by atoms with Gasteiger partial charge in [-0.2, -0.15) is 0 Å². The van der Waals surface area contributed by atoms with E-state index in [0.29, 0.717) is 0 Å². The van der Waals surface area contributed by atoms with E-state index in [1.165, 1.54) is 7.11 Å². The Bertz CT molecular complexity index is 852. The fraction of sp³-hybridized carbons (Fsp3) is 0.130. The monoisotopic (exact) mass is 407 g/mol. The number of methoxy groups -OCH3 is 1. The molecule has 0 aliphatic rings. The van der Waals surface area contributed by atoms with Gasteiger partial charge in [-0.05, 0) is 16.7 Å². The SMILES string of the molecule is COC(=O)[C@H](OC(N)=O)SC(c1ccccc1)(c1ccccc1)c1ccccc1. The Balaban J connectivity index is 2.27. The lowest BCUT2D eigenvalue weighted by Crippen LogP contribution is -2.35. The van der Waals surface area contributed by atoms with E-state index in [9.17, 15) is 9.59 Å². The molecule has 0 fully saturated rings. The van der Waals surface area contributed by atoms with Crippen LogP contribution in [-0.2, 0) is 19.0 Å². The zero-order chi connectivity index (χ0) is 20.7.